The van der Waals surface area contributed by atoms with Gasteiger partial charge in [-0.15, -0.1) is 0 Å². The lowest BCUT2D eigenvalue weighted by molar-refractivity contribution is 0.0663. The van der Waals surface area contributed by atoms with Gasteiger partial charge in [0.15, 0.2) is 16.9 Å². The first kappa shape index (κ1) is 24.8. The summed E-state index contributed by atoms with van der Waals surface area (Å²) in [6.45, 7) is 7.71. The van der Waals surface area contributed by atoms with Crippen molar-refractivity contribution in [1.82, 2.24) is 4.90 Å². The molecule has 1 aromatic heterocycles. The van der Waals surface area contributed by atoms with E-state index in [-0.39, 0.29) is 17.1 Å². The molecule has 0 saturated heterocycles. The molecule has 0 aliphatic carbocycles. The van der Waals surface area contributed by atoms with E-state index in [0.29, 0.717) is 54.4 Å². The van der Waals surface area contributed by atoms with Crippen LogP contribution < -0.4 is 14.9 Å². The Balaban J connectivity index is 1.82. The molecule has 2 aromatic carbocycles. The van der Waals surface area contributed by atoms with Crippen molar-refractivity contribution in [1.29, 1.82) is 0 Å². The van der Waals surface area contributed by atoms with E-state index < -0.39 is 6.04 Å². The van der Waals surface area contributed by atoms with E-state index in [0.717, 1.165) is 30.4 Å². The predicted molar refractivity (Wildman–Crippen MR) is 135 cm³/mol. The van der Waals surface area contributed by atoms with Gasteiger partial charge in [0, 0.05) is 13.7 Å². The fourth-order valence-electron chi connectivity index (χ4n) is 4.52. The van der Waals surface area contributed by atoms with Crippen molar-refractivity contribution >= 4 is 16.9 Å². The van der Waals surface area contributed by atoms with Crippen LogP contribution >= 0.6 is 0 Å². The van der Waals surface area contributed by atoms with Gasteiger partial charge in [0.05, 0.1) is 36.8 Å². The molecule has 1 aliphatic heterocycles. The number of amides is 1. The van der Waals surface area contributed by atoms with Gasteiger partial charge in [-0.3, -0.25) is 9.59 Å². The quantitative estimate of drug-likeness (QED) is 0.349. The molecule has 0 N–H and O–H groups in total. The largest absolute Gasteiger partial charge is 0.490 e. The number of benzene rings is 2. The molecule has 35 heavy (non-hydrogen) atoms. The average molecular weight is 480 g/mol. The molecule has 4 rings (SSSR count). The molecule has 0 fully saturated rings. The first-order valence-corrected chi connectivity index (χ1v) is 12.3. The molecule has 7 nitrogen and oxygen atoms in total. The van der Waals surface area contributed by atoms with Crippen LogP contribution in [0.2, 0.25) is 0 Å². The summed E-state index contributed by atoms with van der Waals surface area (Å²) >= 11 is 0. The topological polar surface area (TPSA) is 78.2 Å². The van der Waals surface area contributed by atoms with Gasteiger partial charge in [-0.2, -0.15) is 0 Å². The highest BCUT2D eigenvalue weighted by Crippen LogP contribution is 2.41. The van der Waals surface area contributed by atoms with Gasteiger partial charge >= 0.3 is 0 Å². The molecule has 7 heteroatoms. The Hall–Kier alpha value is -3.32. The summed E-state index contributed by atoms with van der Waals surface area (Å²) in [4.78, 5) is 28.7. The minimum atomic E-state index is -0.609. The number of rotatable bonds is 11. The van der Waals surface area contributed by atoms with Crippen molar-refractivity contribution in [2.24, 2.45) is 0 Å². The van der Waals surface area contributed by atoms with Gasteiger partial charge in [-0.05, 0) is 50.1 Å². The molecule has 0 bridgehead atoms. The standard InChI is InChI=1S/C28H33NO6/c1-5-7-8-14-34-22-12-10-19(17-23(22)33-6-2)25-24-26(30)20-16-18(3)9-11-21(20)35-27(24)28(31)29(25)13-15-32-4/h9-12,16-17,25H,5-8,13-15H2,1-4H3. The molecule has 0 saturated carbocycles. The first-order valence-electron chi connectivity index (χ1n) is 12.3. The normalized spacial score (nSPS) is 15.0. The number of nitrogens with zero attached hydrogens (tertiary/aromatic N) is 1. The van der Waals surface area contributed by atoms with Crippen LogP contribution in [0.4, 0.5) is 0 Å². The summed E-state index contributed by atoms with van der Waals surface area (Å²) in [5.41, 5.74) is 2.28. The van der Waals surface area contributed by atoms with Crippen LogP contribution in [0.1, 0.15) is 66.4 Å². The Bertz CT molecular complexity index is 1260. The van der Waals surface area contributed by atoms with Crippen LogP contribution in [0, 0.1) is 6.92 Å². The maximum atomic E-state index is 13.7. The maximum absolute atomic E-state index is 13.7. The molecule has 0 radical (unpaired) electrons. The van der Waals surface area contributed by atoms with Crippen LogP contribution in [-0.2, 0) is 4.74 Å². The molecule has 186 valence electrons. The van der Waals surface area contributed by atoms with Crippen LogP contribution in [0.3, 0.4) is 0 Å². The van der Waals surface area contributed by atoms with Gasteiger partial charge in [0.1, 0.15) is 5.58 Å². The number of unbranched alkanes of at least 4 members (excludes halogenated alkanes) is 2. The lowest BCUT2D eigenvalue weighted by atomic mass is 9.97. The monoisotopic (exact) mass is 479 g/mol. The summed E-state index contributed by atoms with van der Waals surface area (Å²) in [5.74, 6) is 1.01. The van der Waals surface area contributed by atoms with E-state index in [1.165, 1.54) is 0 Å². The molecule has 1 amide bonds. The summed E-state index contributed by atoms with van der Waals surface area (Å²) in [5, 5.41) is 0.469. The van der Waals surface area contributed by atoms with E-state index in [1.807, 2.05) is 38.1 Å². The summed E-state index contributed by atoms with van der Waals surface area (Å²) < 4.78 is 23.1. The molecule has 1 atom stereocenters. The second kappa shape index (κ2) is 11.0. The predicted octanol–water partition coefficient (Wildman–Crippen LogP) is 5.26. The Kier molecular flexibility index (Phi) is 7.76. The van der Waals surface area contributed by atoms with E-state index in [9.17, 15) is 9.59 Å². The number of carbonyl (C=O) groups excluding carboxylic acids is 1. The van der Waals surface area contributed by atoms with Gasteiger partial charge in [0.2, 0.25) is 5.76 Å². The molecule has 2 heterocycles. The third-order valence-electron chi connectivity index (χ3n) is 6.25. The van der Waals surface area contributed by atoms with E-state index in [4.69, 9.17) is 18.6 Å². The lowest BCUT2D eigenvalue weighted by Crippen LogP contribution is -2.32. The second-order valence-electron chi connectivity index (χ2n) is 8.76. The van der Waals surface area contributed by atoms with Crippen molar-refractivity contribution in [3.05, 3.63) is 69.1 Å². The number of hydrogen-bond acceptors (Lipinski definition) is 6. The van der Waals surface area contributed by atoms with Crippen molar-refractivity contribution in [3.63, 3.8) is 0 Å². The number of methoxy groups -OCH3 is 1. The van der Waals surface area contributed by atoms with Crippen molar-refractivity contribution < 1.29 is 23.4 Å². The summed E-state index contributed by atoms with van der Waals surface area (Å²) in [6, 6.07) is 10.4. The van der Waals surface area contributed by atoms with Crippen LogP contribution in [0.25, 0.3) is 11.0 Å². The molecule has 3 aromatic rings. The number of ether oxygens (including phenoxy) is 3. The van der Waals surface area contributed by atoms with Gasteiger partial charge < -0.3 is 23.5 Å². The Labute approximate surface area is 205 Å². The molecule has 0 spiro atoms. The van der Waals surface area contributed by atoms with E-state index in [1.54, 1.807) is 24.1 Å². The SMILES string of the molecule is CCCCCOc1ccc(C2c3c(oc4ccc(C)cc4c3=O)C(=O)N2CCOC)cc1OCC. The zero-order valence-electron chi connectivity index (χ0n) is 20.9. The highest BCUT2D eigenvalue weighted by atomic mass is 16.5. The average Bonchev–Trinajstić information content (AvgIpc) is 3.13. The third-order valence-corrected chi connectivity index (χ3v) is 6.25. The lowest BCUT2D eigenvalue weighted by Gasteiger charge is -2.25. The number of aryl methyl sites for hydroxylation is 1. The molecule has 1 aliphatic rings. The zero-order chi connectivity index (χ0) is 24.9. The smallest absolute Gasteiger partial charge is 0.290 e. The fourth-order valence-corrected chi connectivity index (χ4v) is 4.52. The van der Waals surface area contributed by atoms with Crippen LogP contribution in [0.15, 0.2) is 45.6 Å². The maximum Gasteiger partial charge on any atom is 0.290 e. The molecule has 1 unspecified atom stereocenters. The van der Waals surface area contributed by atoms with Gasteiger partial charge in [-0.25, -0.2) is 0 Å². The Morgan fingerprint density at radius 2 is 1.80 bits per heavy atom. The Morgan fingerprint density at radius 3 is 2.54 bits per heavy atom. The Morgan fingerprint density at radius 1 is 0.971 bits per heavy atom. The first-order chi connectivity index (χ1) is 17.0. The minimum absolute atomic E-state index is 0.0882. The van der Waals surface area contributed by atoms with E-state index >= 15 is 0 Å². The number of carbonyl (C=O) groups is 1. The van der Waals surface area contributed by atoms with Crippen molar-refractivity contribution in [2.75, 3.05) is 33.5 Å². The number of fused-ring (bicyclic) bond motifs is 2. The molecular weight excluding hydrogens is 446 g/mol. The highest BCUT2D eigenvalue weighted by molar-refractivity contribution is 5.99. The van der Waals surface area contributed by atoms with Crippen LogP contribution in [0.5, 0.6) is 11.5 Å². The highest BCUT2D eigenvalue weighted by Gasteiger charge is 2.42. The van der Waals surface area contributed by atoms with Gasteiger partial charge in [0.25, 0.3) is 5.91 Å². The number of hydrogen-bond donors (Lipinski definition) is 0. The second-order valence-corrected chi connectivity index (χ2v) is 8.76. The van der Waals surface area contributed by atoms with E-state index in [2.05, 4.69) is 6.92 Å². The van der Waals surface area contributed by atoms with Crippen molar-refractivity contribution in [3.8, 4) is 11.5 Å². The van der Waals surface area contributed by atoms with Crippen molar-refractivity contribution in [2.45, 2.75) is 46.1 Å². The van der Waals surface area contributed by atoms with Crippen LogP contribution in [-0.4, -0.2) is 44.3 Å². The molecular formula is C28H33NO6. The summed E-state index contributed by atoms with van der Waals surface area (Å²) in [7, 11) is 1.58. The van der Waals surface area contributed by atoms with Gasteiger partial charge in [-0.1, -0.05) is 37.5 Å². The zero-order valence-corrected chi connectivity index (χ0v) is 20.9. The summed E-state index contributed by atoms with van der Waals surface area (Å²) in [6.07, 6.45) is 3.18. The minimum Gasteiger partial charge on any atom is -0.490 e. The fraction of sp³-hybridized carbons (Fsp3) is 0.429. The third kappa shape index (κ3) is 4.91.